The monoisotopic (exact) mass is 386 g/mol. The fourth-order valence-electron chi connectivity index (χ4n) is 2.60. The molecule has 4 rings (SSSR count). The molecule has 0 atom stereocenters. The maximum Gasteiger partial charge on any atom is 0.270 e. The molecular formula is C20H14N6OS. The molecule has 8 heteroatoms. The number of hydrogen-bond acceptors (Lipinski definition) is 6. The highest BCUT2D eigenvalue weighted by molar-refractivity contribution is 7.17. The average Bonchev–Trinajstić information content (AvgIpc) is 3.35. The van der Waals surface area contributed by atoms with Crippen LogP contribution in [0.15, 0.2) is 60.9 Å². The third-order valence-corrected chi connectivity index (χ3v) is 5.21. The van der Waals surface area contributed by atoms with Gasteiger partial charge in [0.1, 0.15) is 16.2 Å². The van der Waals surface area contributed by atoms with E-state index in [4.69, 9.17) is 5.26 Å². The Morgan fingerprint density at radius 2 is 1.89 bits per heavy atom. The van der Waals surface area contributed by atoms with E-state index in [0.717, 1.165) is 16.3 Å². The number of amides is 1. The van der Waals surface area contributed by atoms with E-state index in [1.54, 1.807) is 31.2 Å². The largest absolute Gasteiger partial charge is 0.288 e. The summed E-state index contributed by atoms with van der Waals surface area (Å²) in [6.45, 7) is 1.81. The second-order valence-electron chi connectivity index (χ2n) is 5.93. The third kappa shape index (κ3) is 3.51. The fourth-order valence-corrected chi connectivity index (χ4v) is 3.57. The number of thiazole rings is 1. The number of anilines is 1. The van der Waals surface area contributed by atoms with Crippen molar-refractivity contribution in [3.8, 4) is 22.3 Å². The van der Waals surface area contributed by atoms with Gasteiger partial charge in [0.15, 0.2) is 0 Å². The molecule has 2 aromatic heterocycles. The van der Waals surface area contributed by atoms with Crippen LogP contribution in [0.3, 0.4) is 0 Å². The van der Waals surface area contributed by atoms with Gasteiger partial charge in [0.05, 0.1) is 23.0 Å². The van der Waals surface area contributed by atoms with Crippen molar-refractivity contribution in [1.29, 1.82) is 5.26 Å². The van der Waals surface area contributed by atoms with Crippen LogP contribution in [0.2, 0.25) is 0 Å². The van der Waals surface area contributed by atoms with Crippen LogP contribution >= 0.6 is 11.3 Å². The predicted octanol–water partition coefficient (Wildman–Crippen LogP) is 3.82. The summed E-state index contributed by atoms with van der Waals surface area (Å²) in [6.07, 6.45) is 1.51. The number of rotatable bonds is 4. The quantitative estimate of drug-likeness (QED) is 0.575. The van der Waals surface area contributed by atoms with Crippen LogP contribution in [0.25, 0.3) is 16.3 Å². The molecule has 0 fully saturated rings. The Labute approximate surface area is 164 Å². The lowest BCUT2D eigenvalue weighted by atomic mass is 10.2. The number of nitrogens with zero attached hydrogens (tertiary/aromatic N) is 5. The Morgan fingerprint density at radius 3 is 2.61 bits per heavy atom. The van der Waals surface area contributed by atoms with Crippen molar-refractivity contribution in [3.63, 3.8) is 0 Å². The van der Waals surface area contributed by atoms with Gasteiger partial charge in [-0.3, -0.25) is 10.1 Å². The molecule has 0 saturated heterocycles. The van der Waals surface area contributed by atoms with Gasteiger partial charge in [-0.05, 0) is 31.2 Å². The molecule has 0 radical (unpaired) electrons. The standard InChI is InChI=1S/C20H14N6OS/c1-13-17(28-19(23-13)15-5-3-2-4-6-15)18(27)24-20-22-12-26(25-20)16-9-7-14(11-21)8-10-16/h2-10,12H,1H3,(H,24,25,27). The average molecular weight is 386 g/mol. The van der Waals surface area contributed by atoms with Crippen LogP contribution in [0.1, 0.15) is 20.9 Å². The number of benzene rings is 2. The Balaban J connectivity index is 1.52. The molecule has 0 spiro atoms. The first-order valence-electron chi connectivity index (χ1n) is 8.40. The molecule has 0 aliphatic rings. The van der Waals surface area contributed by atoms with Crippen LogP contribution in [-0.4, -0.2) is 25.7 Å². The van der Waals surface area contributed by atoms with E-state index in [-0.39, 0.29) is 11.9 Å². The Hall–Kier alpha value is -3.83. The summed E-state index contributed by atoms with van der Waals surface area (Å²) in [4.78, 5) is 21.8. The zero-order chi connectivity index (χ0) is 19.5. The van der Waals surface area contributed by atoms with E-state index in [1.807, 2.05) is 30.3 Å². The van der Waals surface area contributed by atoms with Crippen molar-refractivity contribution in [2.75, 3.05) is 5.32 Å². The molecule has 1 N–H and O–H groups in total. The van der Waals surface area contributed by atoms with E-state index in [0.29, 0.717) is 16.1 Å². The number of carbonyl (C=O) groups is 1. The summed E-state index contributed by atoms with van der Waals surface area (Å²) < 4.78 is 1.53. The van der Waals surface area contributed by atoms with Crippen molar-refractivity contribution in [2.45, 2.75) is 6.92 Å². The first-order valence-corrected chi connectivity index (χ1v) is 9.22. The summed E-state index contributed by atoms with van der Waals surface area (Å²) in [5.74, 6) is -0.0989. The molecule has 0 unspecified atom stereocenters. The van der Waals surface area contributed by atoms with Crippen LogP contribution in [-0.2, 0) is 0 Å². The number of nitrogens with one attached hydrogen (secondary N) is 1. The number of carbonyl (C=O) groups excluding carboxylic acids is 1. The maximum absolute atomic E-state index is 12.6. The zero-order valence-electron chi connectivity index (χ0n) is 14.8. The smallest absolute Gasteiger partial charge is 0.270 e. The highest BCUT2D eigenvalue weighted by atomic mass is 32.1. The molecule has 4 aromatic rings. The molecule has 136 valence electrons. The minimum absolute atomic E-state index is 0.198. The number of hydrogen-bond donors (Lipinski definition) is 1. The zero-order valence-corrected chi connectivity index (χ0v) is 15.6. The Bertz CT molecular complexity index is 1170. The predicted molar refractivity (Wildman–Crippen MR) is 106 cm³/mol. The summed E-state index contributed by atoms with van der Waals surface area (Å²) in [5.41, 5.74) is 2.94. The lowest BCUT2D eigenvalue weighted by Crippen LogP contribution is -2.13. The minimum Gasteiger partial charge on any atom is -0.288 e. The van der Waals surface area contributed by atoms with Crippen LogP contribution < -0.4 is 5.32 Å². The van der Waals surface area contributed by atoms with Crippen molar-refractivity contribution >= 4 is 23.2 Å². The second-order valence-corrected chi connectivity index (χ2v) is 6.92. The Morgan fingerprint density at radius 1 is 1.14 bits per heavy atom. The van der Waals surface area contributed by atoms with E-state index in [1.165, 1.54) is 22.3 Å². The lowest BCUT2D eigenvalue weighted by Gasteiger charge is -2.00. The molecule has 1 amide bonds. The van der Waals surface area contributed by atoms with Gasteiger partial charge in [-0.25, -0.2) is 9.67 Å². The van der Waals surface area contributed by atoms with Gasteiger partial charge >= 0.3 is 0 Å². The first kappa shape index (κ1) is 17.6. The molecule has 2 aromatic carbocycles. The summed E-state index contributed by atoms with van der Waals surface area (Å²) in [5, 5.41) is 16.6. The molecule has 0 aliphatic carbocycles. The van der Waals surface area contributed by atoms with Gasteiger partial charge < -0.3 is 0 Å². The summed E-state index contributed by atoms with van der Waals surface area (Å²) >= 11 is 1.33. The molecule has 7 nitrogen and oxygen atoms in total. The number of nitriles is 1. The maximum atomic E-state index is 12.6. The molecular weight excluding hydrogens is 372 g/mol. The van der Waals surface area contributed by atoms with Crippen molar-refractivity contribution in [1.82, 2.24) is 19.7 Å². The fraction of sp³-hybridized carbons (Fsp3) is 0.0500. The second kappa shape index (κ2) is 7.42. The van der Waals surface area contributed by atoms with Gasteiger partial charge in [0, 0.05) is 5.56 Å². The van der Waals surface area contributed by atoms with Gasteiger partial charge in [-0.15, -0.1) is 16.4 Å². The topological polar surface area (TPSA) is 96.5 Å². The van der Waals surface area contributed by atoms with E-state index >= 15 is 0 Å². The molecule has 0 aliphatic heterocycles. The van der Waals surface area contributed by atoms with E-state index in [2.05, 4.69) is 26.5 Å². The van der Waals surface area contributed by atoms with Crippen LogP contribution in [0.5, 0.6) is 0 Å². The van der Waals surface area contributed by atoms with Gasteiger partial charge in [-0.1, -0.05) is 30.3 Å². The molecule has 0 bridgehead atoms. The molecule has 2 heterocycles. The van der Waals surface area contributed by atoms with E-state index in [9.17, 15) is 4.79 Å². The Kier molecular flexibility index (Phi) is 4.66. The van der Waals surface area contributed by atoms with Crippen molar-refractivity contribution in [3.05, 3.63) is 77.1 Å². The van der Waals surface area contributed by atoms with Gasteiger partial charge in [-0.2, -0.15) is 10.2 Å². The highest BCUT2D eigenvalue weighted by Gasteiger charge is 2.17. The molecule has 0 saturated carbocycles. The lowest BCUT2D eigenvalue weighted by molar-refractivity contribution is 0.102. The first-order chi connectivity index (χ1) is 13.6. The van der Waals surface area contributed by atoms with E-state index < -0.39 is 0 Å². The summed E-state index contributed by atoms with van der Waals surface area (Å²) in [7, 11) is 0. The SMILES string of the molecule is Cc1nc(-c2ccccc2)sc1C(=O)Nc1ncn(-c2ccc(C#N)cc2)n1. The number of aromatic nitrogens is 4. The van der Waals surface area contributed by atoms with Gasteiger partial charge in [0.25, 0.3) is 5.91 Å². The van der Waals surface area contributed by atoms with Gasteiger partial charge in [0.2, 0.25) is 5.95 Å². The molecule has 28 heavy (non-hydrogen) atoms. The third-order valence-electron chi connectivity index (χ3n) is 4.00. The van der Waals surface area contributed by atoms with Crippen LogP contribution in [0, 0.1) is 18.3 Å². The van der Waals surface area contributed by atoms with Crippen molar-refractivity contribution in [2.24, 2.45) is 0 Å². The number of aryl methyl sites for hydroxylation is 1. The summed E-state index contributed by atoms with van der Waals surface area (Å²) in [6, 6.07) is 18.7. The van der Waals surface area contributed by atoms with Crippen LogP contribution in [0.4, 0.5) is 5.95 Å². The van der Waals surface area contributed by atoms with Crippen molar-refractivity contribution < 1.29 is 4.79 Å². The minimum atomic E-state index is -0.297. The highest BCUT2D eigenvalue weighted by Crippen LogP contribution is 2.28. The normalized spacial score (nSPS) is 10.4.